The van der Waals surface area contributed by atoms with Crippen LogP contribution in [0.4, 0.5) is 5.69 Å². The summed E-state index contributed by atoms with van der Waals surface area (Å²) in [5, 5.41) is 0. The van der Waals surface area contributed by atoms with Crippen LogP contribution in [0.15, 0.2) is 18.3 Å². The molecule has 0 unspecified atom stereocenters. The Morgan fingerprint density at radius 3 is 2.93 bits per heavy atom. The van der Waals surface area contributed by atoms with Crippen molar-refractivity contribution < 1.29 is 0 Å². The van der Waals surface area contributed by atoms with Gasteiger partial charge >= 0.3 is 0 Å². The zero-order valence-corrected chi connectivity index (χ0v) is 8.90. The lowest BCUT2D eigenvalue weighted by atomic mass is 9.85. The number of nitrogen functional groups attached to an aromatic ring is 1. The van der Waals surface area contributed by atoms with Gasteiger partial charge in [-0.2, -0.15) is 0 Å². The Balaban J connectivity index is 2.27. The number of imidazole rings is 1. The monoisotopic (exact) mass is 201 g/mol. The SMILES string of the molecule is Cc1nc(C2CCC2)n2cccc(N)c12. The molecule has 0 radical (unpaired) electrons. The highest BCUT2D eigenvalue weighted by Crippen LogP contribution is 2.37. The first-order valence-electron chi connectivity index (χ1n) is 5.50. The summed E-state index contributed by atoms with van der Waals surface area (Å²) in [6, 6.07) is 3.93. The Hall–Kier alpha value is -1.51. The van der Waals surface area contributed by atoms with E-state index in [-0.39, 0.29) is 0 Å². The van der Waals surface area contributed by atoms with Crippen LogP contribution in [0.3, 0.4) is 0 Å². The number of aryl methyl sites for hydroxylation is 1. The van der Waals surface area contributed by atoms with Crippen LogP contribution in [-0.2, 0) is 0 Å². The zero-order valence-electron chi connectivity index (χ0n) is 8.90. The third-order valence-corrected chi connectivity index (χ3v) is 3.37. The van der Waals surface area contributed by atoms with Crippen LogP contribution >= 0.6 is 0 Å². The fraction of sp³-hybridized carbons (Fsp3) is 0.417. The van der Waals surface area contributed by atoms with Crippen molar-refractivity contribution in [3.63, 3.8) is 0 Å². The van der Waals surface area contributed by atoms with E-state index in [2.05, 4.69) is 15.6 Å². The van der Waals surface area contributed by atoms with Crippen LogP contribution in [-0.4, -0.2) is 9.38 Å². The molecule has 0 saturated heterocycles. The maximum absolute atomic E-state index is 5.97. The lowest BCUT2D eigenvalue weighted by Gasteiger charge is -2.23. The molecule has 2 N–H and O–H groups in total. The summed E-state index contributed by atoms with van der Waals surface area (Å²) >= 11 is 0. The van der Waals surface area contributed by atoms with E-state index in [4.69, 9.17) is 5.73 Å². The van der Waals surface area contributed by atoms with Crippen molar-refractivity contribution in [1.29, 1.82) is 0 Å². The number of hydrogen-bond donors (Lipinski definition) is 1. The predicted octanol–water partition coefficient (Wildman–Crippen LogP) is 2.49. The predicted molar refractivity (Wildman–Crippen MR) is 60.9 cm³/mol. The summed E-state index contributed by atoms with van der Waals surface area (Å²) in [6.07, 6.45) is 5.95. The lowest BCUT2D eigenvalue weighted by molar-refractivity contribution is 0.400. The maximum Gasteiger partial charge on any atom is 0.116 e. The van der Waals surface area contributed by atoms with Gasteiger partial charge in [0.05, 0.1) is 16.9 Å². The third-order valence-electron chi connectivity index (χ3n) is 3.37. The number of aromatic nitrogens is 2. The van der Waals surface area contributed by atoms with Crippen molar-refractivity contribution in [2.24, 2.45) is 0 Å². The van der Waals surface area contributed by atoms with Gasteiger partial charge < -0.3 is 10.1 Å². The Morgan fingerprint density at radius 2 is 2.27 bits per heavy atom. The molecular weight excluding hydrogens is 186 g/mol. The van der Waals surface area contributed by atoms with Gasteiger partial charge in [0.15, 0.2) is 0 Å². The van der Waals surface area contributed by atoms with E-state index in [0.717, 1.165) is 16.9 Å². The average molecular weight is 201 g/mol. The summed E-state index contributed by atoms with van der Waals surface area (Å²) in [5.41, 5.74) is 8.93. The number of nitrogens with two attached hydrogens (primary N) is 1. The van der Waals surface area contributed by atoms with Gasteiger partial charge in [0, 0.05) is 12.1 Å². The fourth-order valence-corrected chi connectivity index (χ4v) is 2.33. The van der Waals surface area contributed by atoms with Crippen LogP contribution in [0.2, 0.25) is 0 Å². The summed E-state index contributed by atoms with van der Waals surface area (Å²) in [7, 11) is 0. The standard InChI is InChI=1S/C12H15N3/c1-8-11-10(13)6-3-7-15(11)12(14-8)9-4-2-5-9/h3,6-7,9H,2,4-5,13H2,1H3. The van der Waals surface area contributed by atoms with E-state index in [0.29, 0.717) is 5.92 Å². The Morgan fingerprint density at radius 1 is 1.47 bits per heavy atom. The first-order valence-corrected chi connectivity index (χ1v) is 5.50. The molecule has 0 atom stereocenters. The van der Waals surface area contributed by atoms with Crippen LogP contribution in [0, 0.1) is 6.92 Å². The van der Waals surface area contributed by atoms with Crippen molar-refractivity contribution in [1.82, 2.24) is 9.38 Å². The molecule has 3 heteroatoms. The Labute approximate surface area is 88.9 Å². The molecule has 3 nitrogen and oxygen atoms in total. The summed E-state index contributed by atoms with van der Waals surface area (Å²) in [5.74, 6) is 1.84. The number of anilines is 1. The van der Waals surface area contributed by atoms with E-state index in [1.807, 2.05) is 19.1 Å². The van der Waals surface area contributed by atoms with Gasteiger partial charge in [-0.15, -0.1) is 0 Å². The van der Waals surface area contributed by atoms with E-state index >= 15 is 0 Å². The van der Waals surface area contributed by atoms with Crippen LogP contribution in [0.25, 0.3) is 5.52 Å². The molecular formula is C12H15N3. The van der Waals surface area contributed by atoms with Gasteiger partial charge in [-0.25, -0.2) is 4.98 Å². The number of nitrogens with zero attached hydrogens (tertiary/aromatic N) is 2. The molecule has 2 aromatic heterocycles. The fourth-order valence-electron chi connectivity index (χ4n) is 2.33. The molecule has 1 saturated carbocycles. The molecule has 0 amide bonds. The number of fused-ring (bicyclic) bond motifs is 1. The topological polar surface area (TPSA) is 43.3 Å². The highest BCUT2D eigenvalue weighted by Gasteiger charge is 2.24. The second kappa shape index (κ2) is 2.99. The highest BCUT2D eigenvalue weighted by atomic mass is 15.0. The molecule has 3 rings (SSSR count). The molecule has 1 aliphatic carbocycles. The smallest absolute Gasteiger partial charge is 0.116 e. The van der Waals surface area contributed by atoms with Crippen LogP contribution in [0.5, 0.6) is 0 Å². The van der Waals surface area contributed by atoms with Gasteiger partial charge in [-0.1, -0.05) is 6.42 Å². The van der Waals surface area contributed by atoms with Crippen molar-refractivity contribution in [3.8, 4) is 0 Å². The Kier molecular flexibility index (Phi) is 1.75. The minimum absolute atomic E-state index is 0.646. The van der Waals surface area contributed by atoms with E-state index in [9.17, 15) is 0 Å². The minimum atomic E-state index is 0.646. The van der Waals surface area contributed by atoms with Crippen molar-refractivity contribution in [2.75, 3.05) is 5.73 Å². The normalized spacial score (nSPS) is 16.9. The van der Waals surface area contributed by atoms with Crippen LogP contribution < -0.4 is 5.73 Å². The molecule has 0 spiro atoms. The molecule has 0 aliphatic heterocycles. The van der Waals surface area contributed by atoms with Crippen molar-refractivity contribution >= 4 is 11.2 Å². The van der Waals surface area contributed by atoms with Gasteiger partial charge in [0.25, 0.3) is 0 Å². The van der Waals surface area contributed by atoms with Gasteiger partial charge in [-0.3, -0.25) is 0 Å². The lowest BCUT2D eigenvalue weighted by Crippen LogP contribution is -2.12. The third kappa shape index (κ3) is 1.16. The average Bonchev–Trinajstić information content (AvgIpc) is 2.43. The second-order valence-corrected chi connectivity index (χ2v) is 4.37. The van der Waals surface area contributed by atoms with Crippen LogP contribution in [0.1, 0.15) is 36.7 Å². The van der Waals surface area contributed by atoms with Crippen molar-refractivity contribution in [2.45, 2.75) is 32.1 Å². The molecule has 78 valence electrons. The molecule has 0 aromatic carbocycles. The van der Waals surface area contributed by atoms with E-state index in [1.165, 1.54) is 25.1 Å². The molecule has 15 heavy (non-hydrogen) atoms. The first-order chi connectivity index (χ1) is 7.27. The zero-order chi connectivity index (χ0) is 10.4. The van der Waals surface area contributed by atoms with Gasteiger partial charge in [-0.05, 0) is 31.9 Å². The molecule has 1 aliphatic rings. The quantitative estimate of drug-likeness (QED) is 0.770. The number of rotatable bonds is 1. The Bertz CT molecular complexity index is 509. The summed E-state index contributed by atoms with van der Waals surface area (Å²) in [6.45, 7) is 2.04. The number of pyridine rings is 1. The molecule has 1 fully saturated rings. The molecule has 0 bridgehead atoms. The maximum atomic E-state index is 5.97. The first kappa shape index (κ1) is 8.77. The minimum Gasteiger partial charge on any atom is -0.397 e. The summed E-state index contributed by atoms with van der Waals surface area (Å²) < 4.78 is 2.16. The number of hydrogen-bond acceptors (Lipinski definition) is 2. The molecule has 2 heterocycles. The van der Waals surface area contributed by atoms with Gasteiger partial charge in [0.1, 0.15) is 5.82 Å². The van der Waals surface area contributed by atoms with E-state index < -0.39 is 0 Å². The summed E-state index contributed by atoms with van der Waals surface area (Å²) in [4.78, 5) is 4.66. The highest BCUT2D eigenvalue weighted by molar-refractivity contribution is 5.72. The van der Waals surface area contributed by atoms with E-state index in [1.54, 1.807) is 0 Å². The van der Waals surface area contributed by atoms with Gasteiger partial charge in [0.2, 0.25) is 0 Å². The largest absolute Gasteiger partial charge is 0.397 e. The molecule has 2 aromatic rings. The second-order valence-electron chi connectivity index (χ2n) is 4.37. The van der Waals surface area contributed by atoms with Crippen molar-refractivity contribution in [3.05, 3.63) is 29.8 Å².